The highest BCUT2D eigenvalue weighted by Crippen LogP contribution is 2.31. The Hall–Kier alpha value is -4.29. The van der Waals surface area contributed by atoms with Gasteiger partial charge in [-0.25, -0.2) is 9.59 Å². The van der Waals surface area contributed by atoms with Gasteiger partial charge in [-0.1, -0.05) is 91.0 Å². The van der Waals surface area contributed by atoms with Crippen LogP contribution in [-0.2, 0) is 53.1 Å². The third-order valence-electron chi connectivity index (χ3n) is 8.10. The lowest BCUT2D eigenvalue weighted by molar-refractivity contribution is -0.233. The Bertz CT molecular complexity index is 1470. The van der Waals surface area contributed by atoms with Gasteiger partial charge in [-0.15, -0.1) is 0 Å². The second kappa shape index (κ2) is 19.2. The lowest BCUT2D eigenvalue weighted by Crippen LogP contribution is -2.65. The Kier molecular flexibility index (Phi) is 14.8. The molecule has 1 aliphatic rings. The molecule has 1 saturated heterocycles. The third kappa shape index (κ3) is 12.9. The van der Waals surface area contributed by atoms with E-state index >= 15 is 0 Å². The molecule has 6 atom stereocenters. The van der Waals surface area contributed by atoms with Crippen molar-refractivity contribution in [3.63, 3.8) is 0 Å². The first-order valence-electron chi connectivity index (χ1n) is 17.1. The molecule has 11 nitrogen and oxygen atoms in total. The minimum atomic E-state index is -1.18. The largest absolute Gasteiger partial charge is 0.480 e. The quantitative estimate of drug-likeness (QED) is 0.160. The maximum Gasteiger partial charge on any atom is 0.408 e. The van der Waals surface area contributed by atoms with E-state index in [2.05, 4.69) is 10.6 Å². The van der Waals surface area contributed by atoms with Crippen LogP contribution in [0.15, 0.2) is 91.0 Å². The zero-order valence-electron chi connectivity index (χ0n) is 29.3. The predicted octanol–water partition coefficient (Wildman–Crippen LogP) is 5.79. The van der Waals surface area contributed by atoms with Crippen molar-refractivity contribution in [2.75, 3.05) is 6.61 Å². The number of hydrogen-bond donors (Lipinski definition) is 3. The van der Waals surface area contributed by atoms with Crippen LogP contribution in [-0.4, -0.2) is 71.8 Å². The summed E-state index contributed by atoms with van der Waals surface area (Å²) < 4.78 is 31.4. The number of rotatable bonds is 17. The van der Waals surface area contributed by atoms with Crippen molar-refractivity contribution < 1.29 is 43.2 Å². The molecule has 0 spiro atoms. The average molecular weight is 691 g/mol. The van der Waals surface area contributed by atoms with E-state index in [0.717, 1.165) is 16.7 Å². The number of carbonyl (C=O) groups is 3. The molecule has 1 aliphatic heterocycles. The summed E-state index contributed by atoms with van der Waals surface area (Å²) in [6.45, 7) is 7.64. The van der Waals surface area contributed by atoms with Crippen molar-refractivity contribution in [3.05, 3.63) is 108 Å². The van der Waals surface area contributed by atoms with Gasteiger partial charge in [-0.2, -0.15) is 0 Å². The van der Waals surface area contributed by atoms with Crippen LogP contribution in [0.2, 0.25) is 0 Å². The van der Waals surface area contributed by atoms with Crippen molar-refractivity contribution >= 4 is 18.0 Å². The van der Waals surface area contributed by atoms with Crippen LogP contribution in [0.4, 0.5) is 4.79 Å². The van der Waals surface area contributed by atoms with Crippen molar-refractivity contribution in [2.24, 2.45) is 0 Å². The first-order valence-corrected chi connectivity index (χ1v) is 17.1. The summed E-state index contributed by atoms with van der Waals surface area (Å²) in [5, 5.41) is 15.4. The highest BCUT2D eigenvalue weighted by Gasteiger charge is 2.48. The lowest BCUT2D eigenvalue weighted by Gasteiger charge is -2.47. The number of aliphatic carboxylic acids is 1. The molecule has 0 aliphatic carbocycles. The summed E-state index contributed by atoms with van der Waals surface area (Å²) in [5.74, 6) is -1.45. The van der Waals surface area contributed by atoms with Crippen LogP contribution in [0, 0.1) is 0 Å². The molecule has 0 aromatic heterocycles. The molecule has 0 bridgehead atoms. The van der Waals surface area contributed by atoms with Gasteiger partial charge < -0.3 is 39.4 Å². The van der Waals surface area contributed by atoms with Gasteiger partial charge >= 0.3 is 12.1 Å². The summed E-state index contributed by atoms with van der Waals surface area (Å²) in [4.78, 5) is 37.1. The summed E-state index contributed by atoms with van der Waals surface area (Å²) in [6, 6.07) is 27.5. The molecule has 0 unspecified atom stereocenters. The van der Waals surface area contributed by atoms with E-state index in [0.29, 0.717) is 19.4 Å². The zero-order valence-corrected chi connectivity index (χ0v) is 29.3. The van der Waals surface area contributed by atoms with E-state index in [4.69, 9.17) is 23.7 Å². The smallest absolute Gasteiger partial charge is 0.408 e. The van der Waals surface area contributed by atoms with Gasteiger partial charge in [0, 0.05) is 6.92 Å². The predicted molar refractivity (Wildman–Crippen MR) is 187 cm³/mol. The van der Waals surface area contributed by atoms with Crippen molar-refractivity contribution in [1.82, 2.24) is 10.6 Å². The van der Waals surface area contributed by atoms with Crippen LogP contribution in [0.3, 0.4) is 0 Å². The van der Waals surface area contributed by atoms with Gasteiger partial charge in [0.15, 0.2) is 0 Å². The normalized spacial score (nSPS) is 21.2. The van der Waals surface area contributed by atoms with Gasteiger partial charge in [0.1, 0.15) is 30.0 Å². The monoisotopic (exact) mass is 690 g/mol. The van der Waals surface area contributed by atoms with Crippen LogP contribution in [0.5, 0.6) is 0 Å². The molecule has 3 aromatic rings. The van der Waals surface area contributed by atoms with E-state index in [-0.39, 0.29) is 32.1 Å². The number of hydrogen-bond acceptors (Lipinski definition) is 8. The lowest BCUT2D eigenvalue weighted by atomic mass is 9.89. The first-order chi connectivity index (χ1) is 24.0. The molecule has 1 heterocycles. The molecule has 1 fully saturated rings. The fraction of sp³-hybridized carbons (Fsp3) is 0.462. The molecule has 2 amide bonds. The molecule has 0 saturated carbocycles. The Labute approximate surface area is 294 Å². The van der Waals surface area contributed by atoms with Gasteiger partial charge in [0.25, 0.3) is 0 Å². The topological polar surface area (TPSA) is 142 Å². The molecule has 3 aromatic carbocycles. The Morgan fingerprint density at radius 3 is 1.80 bits per heavy atom. The number of amides is 2. The summed E-state index contributed by atoms with van der Waals surface area (Å²) in [5.41, 5.74) is 2.15. The van der Waals surface area contributed by atoms with Crippen LogP contribution in [0.1, 0.15) is 63.6 Å². The van der Waals surface area contributed by atoms with E-state index < -0.39 is 54.2 Å². The molecular formula is C39H50N2O9. The SMILES string of the molecule is CC(=O)N[C@H]1[C@@H](OCc2ccccc2)[C@H](OCc2ccccc2)[C@@H](COCc2ccccc2)O[C@@H]1CCC[C@H](NC(=O)OC(C)(C)C)C(=O)O. The molecule has 270 valence electrons. The fourth-order valence-electron chi connectivity index (χ4n) is 5.84. The summed E-state index contributed by atoms with van der Waals surface area (Å²) in [7, 11) is 0. The van der Waals surface area contributed by atoms with Crippen molar-refractivity contribution in [2.45, 2.75) is 109 Å². The van der Waals surface area contributed by atoms with Crippen molar-refractivity contribution in [1.29, 1.82) is 0 Å². The van der Waals surface area contributed by atoms with Gasteiger partial charge in [0.2, 0.25) is 5.91 Å². The second-order valence-corrected chi connectivity index (χ2v) is 13.4. The van der Waals surface area contributed by atoms with Gasteiger partial charge in [-0.05, 0) is 56.7 Å². The number of carboxylic acid groups (broad SMARTS) is 1. The summed E-state index contributed by atoms with van der Waals surface area (Å²) >= 11 is 0. The van der Waals surface area contributed by atoms with E-state index in [9.17, 15) is 19.5 Å². The van der Waals surface area contributed by atoms with E-state index in [1.54, 1.807) is 20.8 Å². The van der Waals surface area contributed by atoms with Crippen LogP contribution in [0.25, 0.3) is 0 Å². The van der Waals surface area contributed by atoms with E-state index in [1.807, 2.05) is 91.0 Å². The standard InChI is InChI=1S/C39H50N2O9/c1-27(42)40-34-32(22-14-21-31(37(43)44)41-38(45)50-39(2,3)4)49-33(26-46-23-28-15-8-5-9-16-28)35(47-24-29-17-10-6-11-18-29)36(34)48-25-30-19-12-7-13-20-30/h5-13,15-20,31-36H,14,21-26H2,1-4H3,(H,40,42)(H,41,45)(H,43,44)/t31-,32+,33+,34+,35+,36+/m0/s1. The number of carboxylic acids is 1. The second-order valence-electron chi connectivity index (χ2n) is 13.4. The molecule has 4 rings (SSSR count). The van der Waals surface area contributed by atoms with Crippen molar-refractivity contribution in [3.8, 4) is 0 Å². The maximum atomic E-state index is 12.7. The average Bonchev–Trinajstić information content (AvgIpc) is 3.07. The summed E-state index contributed by atoms with van der Waals surface area (Å²) in [6.07, 6.45) is -2.45. The molecule has 0 radical (unpaired) electrons. The Morgan fingerprint density at radius 1 is 0.780 bits per heavy atom. The molecular weight excluding hydrogens is 640 g/mol. The first kappa shape index (κ1) is 38.5. The Balaban J connectivity index is 1.58. The number of carbonyl (C=O) groups excluding carboxylic acids is 2. The van der Waals surface area contributed by atoms with Crippen LogP contribution >= 0.6 is 0 Å². The van der Waals surface area contributed by atoms with E-state index in [1.165, 1.54) is 6.92 Å². The number of nitrogens with one attached hydrogen (secondary N) is 2. The Morgan fingerprint density at radius 2 is 1.30 bits per heavy atom. The molecule has 3 N–H and O–H groups in total. The maximum absolute atomic E-state index is 12.7. The van der Waals surface area contributed by atoms with Gasteiger partial charge in [0.05, 0.1) is 38.6 Å². The molecule has 50 heavy (non-hydrogen) atoms. The zero-order chi connectivity index (χ0) is 35.9. The number of ether oxygens (including phenoxy) is 5. The minimum absolute atomic E-state index is 0.111. The highest BCUT2D eigenvalue weighted by molar-refractivity contribution is 5.80. The van der Waals surface area contributed by atoms with Crippen LogP contribution < -0.4 is 10.6 Å². The number of benzene rings is 3. The fourth-order valence-corrected chi connectivity index (χ4v) is 5.84. The number of alkyl carbamates (subject to hydrolysis) is 1. The minimum Gasteiger partial charge on any atom is -0.480 e. The molecule has 11 heteroatoms. The highest BCUT2D eigenvalue weighted by atomic mass is 16.6. The van der Waals surface area contributed by atoms with Gasteiger partial charge in [-0.3, -0.25) is 4.79 Å². The third-order valence-corrected chi connectivity index (χ3v) is 8.10.